The topological polar surface area (TPSA) is 39.7 Å². The molecule has 0 saturated carbocycles. The molecule has 4 nitrogen and oxygen atoms in total. The van der Waals surface area contributed by atoms with Crippen molar-refractivity contribution in [1.82, 2.24) is 5.32 Å². The summed E-state index contributed by atoms with van der Waals surface area (Å²) in [7, 11) is 4.90. The molecule has 0 aromatic heterocycles. The SMILES string of the molecule is COc1cc(C2CNC2C)cc(OC)c1OC. The molecule has 17 heavy (non-hydrogen) atoms. The van der Waals surface area contributed by atoms with Gasteiger partial charge in [0.05, 0.1) is 21.3 Å². The molecule has 0 aliphatic carbocycles. The van der Waals surface area contributed by atoms with Crippen molar-refractivity contribution in [3.05, 3.63) is 17.7 Å². The molecule has 4 heteroatoms. The van der Waals surface area contributed by atoms with Crippen LogP contribution in [0.15, 0.2) is 12.1 Å². The van der Waals surface area contributed by atoms with E-state index in [1.165, 1.54) is 5.56 Å². The predicted octanol–water partition coefficient (Wildman–Crippen LogP) is 1.79. The molecule has 0 radical (unpaired) electrons. The lowest BCUT2D eigenvalue weighted by molar-refractivity contribution is 0.313. The summed E-state index contributed by atoms with van der Waals surface area (Å²) in [4.78, 5) is 0. The highest BCUT2D eigenvalue weighted by Crippen LogP contribution is 2.41. The van der Waals surface area contributed by atoms with Crippen LogP contribution in [-0.2, 0) is 0 Å². The Morgan fingerprint density at radius 1 is 1.06 bits per heavy atom. The first kappa shape index (κ1) is 12.0. The molecule has 0 spiro atoms. The Labute approximate surface area is 102 Å². The van der Waals surface area contributed by atoms with Gasteiger partial charge in [0.15, 0.2) is 11.5 Å². The summed E-state index contributed by atoms with van der Waals surface area (Å²) >= 11 is 0. The molecule has 1 N–H and O–H groups in total. The molecule has 2 atom stereocenters. The zero-order chi connectivity index (χ0) is 12.4. The average Bonchev–Trinajstić information content (AvgIpc) is 2.35. The third-order valence-corrected chi connectivity index (χ3v) is 3.38. The van der Waals surface area contributed by atoms with E-state index in [1.807, 2.05) is 12.1 Å². The number of methoxy groups -OCH3 is 3. The van der Waals surface area contributed by atoms with E-state index in [2.05, 4.69) is 12.2 Å². The van der Waals surface area contributed by atoms with E-state index in [0.717, 1.165) is 18.0 Å². The fraction of sp³-hybridized carbons (Fsp3) is 0.538. The van der Waals surface area contributed by atoms with Crippen molar-refractivity contribution in [2.24, 2.45) is 0 Å². The zero-order valence-electron chi connectivity index (χ0n) is 10.7. The molecule has 0 bridgehead atoms. The first-order valence-corrected chi connectivity index (χ1v) is 5.74. The Morgan fingerprint density at radius 2 is 1.65 bits per heavy atom. The summed E-state index contributed by atoms with van der Waals surface area (Å²) in [6.45, 7) is 3.18. The van der Waals surface area contributed by atoms with Crippen LogP contribution in [-0.4, -0.2) is 33.9 Å². The molecular formula is C13H19NO3. The Hall–Kier alpha value is -1.42. The minimum absolute atomic E-state index is 0.498. The predicted molar refractivity (Wildman–Crippen MR) is 66.3 cm³/mol. The van der Waals surface area contributed by atoms with Crippen molar-refractivity contribution in [3.63, 3.8) is 0 Å². The average molecular weight is 237 g/mol. The highest BCUT2D eigenvalue weighted by molar-refractivity contribution is 5.55. The monoisotopic (exact) mass is 237 g/mol. The Bertz CT molecular complexity index is 381. The molecule has 94 valence electrons. The second-order valence-electron chi connectivity index (χ2n) is 4.26. The summed E-state index contributed by atoms with van der Waals surface area (Å²) in [6.07, 6.45) is 0. The van der Waals surface area contributed by atoms with Crippen LogP contribution in [0.25, 0.3) is 0 Å². The van der Waals surface area contributed by atoms with Gasteiger partial charge in [-0.1, -0.05) is 0 Å². The van der Waals surface area contributed by atoms with Gasteiger partial charge in [-0.15, -0.1) is 0 Å². The summed E-state index contributed by atoms with van der Waals surface area (Å²) in [5.74, 6) is 2.62. The van der Waals surface area contributed by atoms with Gasteiger partial charge < -0.3 is 19.5 Å². The summed E-state index contributed by atoms with van der Waals surface area (Å²) in [5.41, 5.74) is 1.23. The van der Waals surface area contributed by atoms with Crippen LogP contribution in [0.5, 0.6) is 17.2 Å². The molecule has 1 aromatic carbocycles. The zero-order valence-corrected chi connectivity index (χ0v) is 10.7. The highest BCUT2D eigenvalue weighted by Gasteiger charge is 2.29. The van der Waals surface area contributed by atoms with Crippen molar-refractivity contribution >= 4 is 0 Å². The van der Waals surface area contributed by atoms with E-state index in [9.17, 15) is 0 Å². The van der Waals surface area contributed by atoms with E-state index < -0.39 is 0 Å². The lowest BCUT2D eigenvalue weighted by Gasteiger charge is -2.36. The maximum absolute atomic E-state index is 5.35. The molecule has 1 fully saturated rings. The van der Waals surface area contributed by atoms with Crippen molar-refractivity contribution < 1.29 is 14.2 Å². The molecular weight excluding hydrogens is 218 g/mol. The van der Waals surface area contributed by atoms with Gasteiger partial charge in [0, 0.05) is 18.5 Å². The van der Waals surface area contributed by atoms with Gasteiger partial charge >= 0.3 is 0 Å². The molecule has 1 aliphatic heterocycles. The fourth-order valence-electron chi connectivity index (χ4n) is 2.19. The van der Waals surface area contributed by atoms with Crippen LogP contribution in [0, 0.1) is 0 Å². The van der Waals surface area contributed by atoms with Crippen LogP contribution in [0.2, 0.25) is 0 Å². The lowest BCUT2D eigenvalue weighted by atomic mass is 9.86. The molecule has 1 aromatic rings. The minimum atomic E-state index is 0.498. The maximum Gasteiger partial charge on any atom is 0.203 e. The Morgan fingerprint density at radius 3 is 1.94 bits per heavy atom. The molecule has 1 aliphatic rings. The van der Waals surface area contributed by atoms with E-state index >= 15 is 0 Å². The molecule has 1 heterocycles. The standard InChI is InChI=1S/C13H19NO3/c1-8-10(7-14-8)9-5-11(15-2)13(17-4)12(6-9)16-3/h5-6,8,10,14H,7H2,1-4H3. The largest absolute Gasteiger partial charge is 0.493 e. The van der Waals surface area contributed by atoms with Crippen molar-refractivity contribution in [2.45, 2.75) is 18.9 Å². The van der Waals surface area contributed by atoms with E-state index in [4.69, 9.17) is 14.2 Å². The summed E-state index contributed by atoms with van der Waals surface area (Å²) in [6, 6.07) is 4.56. The first-order valence-electron chi connectivity index (χ1n) is 5.74. The number of rotatable bonds is 4. The number of benzene rings is 1. The van der Waals surface area contributed by atoms with E-state index in [0.29, 0.717) is 17.7 Å². The molecule has 1 saturated heterocycles. The van der Waals surface area contributed by atoms with Crippen LogP contribution >= 0.6 is 0 Å². The van der Waals surface area contributed by atoms with E-state index in [-0.39, 0.29) is 0 Å². The van der Waals surface area contributed by atoms with Gasteiger partial charge in [-0.25, -0.2) is 0 Å². The van der Waals surface area contributed by atoms with Crippen LogP contribution in [0.3, 0.4) is 0 Å². The van der Waals surface area contributed by atoms with Gasteiger partial charge in [-0.3, -0.25) is 0 Å². The number of hydrogen-bond acceptors (Lipinski definition) is 4. The van der Waals surface area contributed by atoms with E-state index in [1.54, 1.807) is 21.3 Å². The number of nitrogens with one attached hydrogen (secondary N) is 1. The second kappa shape index (κ2) is 4.84. The lowest BCUT2D eigenvalue weighted by Crippen LogP contribution is -2.48. The first-order chi connectivity index (χ1) is 8.21. The molecule has 2 rings (SSSR count). The highest BCUT2D eigenvalue weighted by atomic mass is 16.5. The Balaban J connectivity index is 2.41. The smallest absolute Gasteiger partial charge is 0.203 e. The van der Waals surface area contributed by atoms with Gasteiger partial charge in [-0.05, 0) is 24.6 Å². The third-order valence-electron chi connectivity index (χ3n) is 3.38. The quantitative estimate of drug-likeness (QED) is 0.866. The van der Waals surface area contributed by atoms with Crippen LogP contribution < -0.4 is 19.5 Å². The fourth-order valence-corrected chi connectivity index (χ4v) is 2.19. The van der Waals surface area contributed by atoms with Gasteiger partial charge in [0.2, 0.25) is 5.75 Å². The van der Waals surface area contributed by atoms with Crippen LogP contribution in [0.4, 0.5) is 0 Å². The molecule has 2 unspecified atom stereocenters. The summed E-state index contributed by atoms with van der Waals surface area (Å²) < 4.78 is 16.0. The third kappa shape index (κ3) is 2.05. The maximum atomic E-state index is 5.35. The van der Waals surface area contributed by atoms with Crippen LogP contribution in [0.1, 0.15) is 18.4 Å². The van der Waals surface area contributed by atoms with Gasteiger partial charge in [-0.2, -0.15) is 0 Å². The normalized spacial score (nSPS) is 22.8. The van der Waals surface area contributed by atoms with Crippen molar-refractivity contribution in [3.8, 4) is 17.2 Å². The van der Waals surface area contributed by atoms with Gasteiger partial charge in [0.25, 0.3) is 0 Å². The second-order valence-corrected chi connectivity index (χ2v) is 4.26. The Kier molecular flexibility index (Phi) is 3.43. The van der Waals surface area contributed by atoms with Crippen molar-refractivity contribution in [1.29, 1.82) is 0 Å². The summed E-state index contributed by atoms with van der Waals surface area (Å²) in [5, 5.41) is 3.35. The molecule has 0 amide bonds. The number of hydrogen-bond donors (Lipinski definition) is 1. The van der Waals surface area contributed by atoms with Gasteiger partial charge in [0.1, 0.15) is 0 Å². The number of ether oxygens (including phenoxy) is 3. The minimum Gasteiger partial charge on any atom is -0.493 e. The van der Waals surface area contributed by atoms with Crippen molar-refractivity contribution in [2.75, 3.05) is 27.9 Å².